The van der Waals surface area contributed by atoms with Crippen LogP contribution in [-0.4, -0.2) is 29.4 Å². The number of rotatable bonds is 3. The topological polar surface area (TPSA) is 70.1 Å². The second-order valence-corrected chi connectivity index (χ2v) is 6.35. The van der Waals surface area contributed by atoms with Crippen LogP contribution in [0.2, 0.25) is 0 Å². The molecule has 3 unspecified atom stereocenters. The van der Waals surface area contributed by atoms with Crippen molar-refractivity contribution in [2.45, 2.75) is 44.2 Å². The molecular weight excluding hydrogens is 238 g/mol. The zero-order valence-electron chi connectivity index (χ0n) is 11.2. The van der Waals surface area contributed by atoms with Crippen molar-refractivity contribution in [2.75, 3.05) is 6.54 Å². The summed E-state index contributed by atoms with van der Waals surface area (Å²) in [5.74, 6) is 0.911. The Labute approximate surface area is 114 Å². The van der Waals surface area contributed by atoms with Gasteiger partial charge >= 0.3 is 0 Å². The van der Waals surface area contributed by atoms with Crippen LogP contribution < -0.4 is 5.73 Å². The van der Waals surface area contributed by atoms with E-state index in [0.29, 0.717) is 11.8 Å². The van der Waals surface area contributed by atoms with Gasteiger partial charge in [-0.1, -0.05) is 18.9 Å². The number of fused-ring (bicyclic) bond motifs is 1. The van der Waals surface area contributed by atoms with Crippen LogP contribution in [0.3, 0.4) is 0 Å². The van der Waals surface area contributed by atoms with Crippen molar-refractivity contribution < 1.29 is 4.79 Å². The van der Waals surface area contributed by atoms with Gasteiger partial charge in [-0.25, -0.2) is 0 Å². The fraction of sp³-hybridized carbons (Fsp3) is 0.733. The number of hydrogen-bond donors (Lipinski definition) is 1. The van der Waals surface area contributed by atoms with Crippen molar-refractivity contribution >= 4 is 5.91 Å². The molecule has 0 aromatic carbocycles. The van der Waals surface area contributed by atoms with Gasteiger partial charge in [0, 0.05) is 12.0 Å². The lowest BCUT2D eigenvalue weighted by Gasteiger charge is -2.35. The molecule has 4 atom stereocenters. The zero-order valence-corrected chi connectivity index (χ0v) is 11.2. The Kier molecular flexibility index (Phi) is 2.90. The minimum absolute atomic E-state index is 0.0412. The van der Waals surface area contributed by atoms with Crippen LogP contribution in [0, 0.1) is 28.6 Å². The Morgan fingerprint density at radius 1 is 1.53 bits per heavy atom. The maximum absolute atomic E-state index is 12.6. The van der Waals surface area contributed by atoms with E-state index >= 15 is 0 Å². The van der Waals surface area contributed by atoms with Crippen molar-refractivity contribution in [2.24, 2.45) is 23.0 Å². The van der Waals surface area contributed by atoms with Gasteiger partial charge < -0.3 is 10.6 Å². The van der Waals surface area contributed by atoms with E-state index in [9.17, 15) is 10.1 Å². The van der Waals surface area contributed by atoms with Crippen LogP contribution in [0.1, 0.15) is 32.1 Å². The van der Waals surface area contributed by atoms with Gasteiger partial charge in [0.1, 0.15) is 6.04 Å². The summed E-state index contributed by atoms with van der Waals surface area (Å²) >= 11 is 0. The number of hydrogen-bond acceptors (Lipinski definition) is 3. The second-order valence-electron chi connectivity index (χ2n) is 6.35. The Bertz CT molecular complexity index is 447. The molecule has 1 aliphatic heterocycles. The largest absolute Gasteiger partial charge is 0.325 e. The Morgan fingerprint density at radius 2 is 2.21 bits per heavy atom. The summed E-state index contributed by atoms with van der Waals surface area (Å²) < 4.78 is 0. The van der Waals surface area contributed by atoms with Gasteiger partial charge in [0.15, 0.2) is 0 Å². The molecule has 0 aromatic heterocycles. The molecule has 102 valence electrons. The molecule has 1 saturated heterocycles. The molecule has 4 nitrogen and oxygen atoms in total. The van der Waals surface area contributed by atoms with Crippen LogP contribution in [0.5, 0.6) is 0 Å². The van der Waals surface area contributed by atoms with Gasteiger partial charge in [0.05, 0.1) is 12.1 Å². The van der Waals surface area contributed by atoms with Gasteiger partial charge in [-0.3, -0.25) is 4.79 Å². The molecule has 3 rings (SSSR count). The molecular formula is C15H21N3O. The molecule has 0 bridgehead atoms. The summed E-state index contributed by atoms with van der Waals surface area (Å²) in [5.41, 5.74) is 6.01. The molecule has 2 N–H and O–H groups in total. The predicted molar refractivity (Wildman–Crippen MR) is 71.8 cm³/mol. The lowest BCUT2D eigenvalue weighted by Crippen LogP contribution is -2.53. The SMILES string of the molecule is C=CC1(C(N)C(=O)N2CC3C[C@H]3C2C#N)CCCC1. The first kappa shape index (κ1) is 12.7. The smallest absolute Gasteiger partial charge is 0.241 e. The van der Waals surface area contributed by atoms with E-state index in [1.54, 1.807) is 4.90 Å². The molecule has 1 heterocycles. The summed E-state index contributed by atoms with van der Waals surface area (Å²) in [7, 11) is 0. The van der Waals surface area contributed by atoms with Crippen LogP contribution in [0.15, 0.2) is 12.7 Å². The molecule has 4 heteroatoms. The molecule has 0 spiro atoms. The summed E-state index contributed by atoms with van der Waals surface area (Å²) in [6, 6.07) is 1.52. The molecule has 3 fully saturated rings. The highest BCUT2D eigenvalue weighted by molar-refractivity contribution is 5.84. The number of amides is 1. The van der Waals surface area contributed by atoms with E-state index < -0.39 is 6.04 Å². The average Bonchev–Trinajstić information content (AvgIpc) is 2.92. The number of nitriles is 1. The number of nitrogens with zero attached hydrogens (tertiary/aromatic N) is 2. The predicted octanol–water partition coefficient (Wildman–Crippen LogP) is 1.43. The first-order chi connectivity index (χ1) is 9.13. The van der Waals surface area contributed by atoms with Crippen molar-refractivity contribution in [3.05, 3.63) is 12.7 Å². The molecule has 0 aromatic rings. The number of carbonyl (C=O) groups is 1. The molecule has 0 radical (unpaired) electrons. The van der Waals surface area contributed by atoms with Gasteiger partial charge in [-0.15, -0.1) is 6.58 Å². The monoisotopic (exact) mass is 259 g/mol. The molecule has 2 saturated carbocycles. The van der Waals surface area contributed by atoms with E-state index in [1.165, 1.54) is 0 Å². The zero-order chi connectivity index (χ0) is 13.6. The van der Waals surface area contributed by atoms with E-state index in [1.807, 2.05) is 6.08 Å². The highest BCUT2D eigenvalue weighted by atomic mass is 16.2. The fourth-order valence-corrected chi connectivity index (χ4v) is 3.96. The summed E-state index contributed by atoms with van der Waals surface area (Å²) in [5, 5.41) is 9.25. The van der Waals surface area contributed by atoms with Crippen molar-refractivity contribution in [1.82, 2.24) is 4.90 Å². The summed E-state index contributed by atoms with van der Waals surface area (Å²) in [6.45, 7) is 4.62. The van der Waals surface area contributed by atoms with Gasteiger partial charge in [-0.2, -0.15) is 5.26 Å². The van der Waals surface area contributed by atoms with Crippen molar-refractivity contribution in [3.8, 4) is 6.07 Å². The molecule has 19 heavy (non-hydrogen) atoms. The number of piperidine rings is 1. The highest BCUT2D eigenvalue weighted by Gasteiger charge is 2.56. The molecule has 2 aliphatic carbocycles. The fourth-order valence-electron chi connectivity index (χ4n) is 3.96. The van der Waals surface area contributed by atoms with Crippen molar-refractivity contribution in [1.29, 1.82) is 5.26 Å². The van der Waals surface area contributed by atoms with Crippen LogP contribution in [0.25, 0.3) is 0 Å². The lowest BCUT2D eigenvalue weighted by molar-refractivity contribution is -0.135. The third-order valence-corrected chi connectivity index (χ3v) is 5.39. The Balaban J connectivity index is 1.77. The van der Waals surface area contributed by atoms with Crippen LogP contribution in [-0.2, 0) is 4.79 Å². The van der Waals surface area contributed by atoms with Crippen LogP contribution in [0.4, 0.5) is 0 Å². The average molecular weight is 259 g/mol. The quantitative estimate of drug-likeness (QED) is 0.779. The summed E-state index contributed by atoms with van der Waals surface area (Å²) in [4.78, 5) is 14.4. The number of carbonyl (C=O) groups excluding carboxylic acids is 1. The lowest BCUT2D eigenvalue weighted by atomic mass is 9.78. The number of likely N-dealkylation sites (tertiary alicyclic amines) is 1. The second kappa shape index (κ2) is 4.35. The standard InChI is InChI=1S/C15H21N3O/c1-2-15(5-3-4-6-15)13(17)14(19)18-9-10-7-11(10)12(18)8-16/h2,10-13H,1,3-7,9,17H2/t10?,11-,12?,13?/m1/s1. The Morgan fingerprint density at radius 3 is 2.79 bits per heavy atom. The normalized spacial score (nSPS) is 36.4. The van der Waals surface area contributed by atoms with Gasteiger partial charge in [-0.05, 0) is 31.1 Å². The first-order valence-electron chi connectivity index (χ1n) is 7.22. The van der Waals surface area contributed by atoms with Crippen LogP contribution >= 0.6 is 0 Å². The first-order valence-corrected chi connectivity index (χ1v) is 7.22. The van der Waals surface area contributed by atoms with Gasteiger partial charge in [0.25, 0.3) is 0 Å². The minimum Gasteiger partial charge on any atom is -0.325 e. The van der Waals surface area contributed by atoms with Crippen molar-refractivity contribution in [3.63, 3.8) is 0 Å². The summed E-state index contributed by atoms with van der Waals surface area (Å²) in [6.07, 6.45) is 7.09. The van der Waals surface area contributed by atoms with E-state index in [2.05, 4.69) is 12.6 Å². The molecule has 3 aliphatic rings. The van der Waals surface area contributed by atoms with E-state index in [-0.39, 0.29) is 17.4 Å². The van der Waals surface area contributed by atoms with E-state index in [4.69, 9.17) is 5.73 Å². The minimum atomic E-state index is -0.527. The third-order valence-electron chi connectivity index (χ3n) is 5.39. The van der Waals surface area contributed by atoms with Gasteiger partial charge in [0.2, 0.25) is 5.91 Å². The molecule has 1 amide bonds. The highest BCUT2D eigenvalue weighted by Crippen LogP contribution is 2.50. The maximum atomic E-state index is 12.6. The Hall–Kier alpha value is -1.34. The number of nitrogens with two attached hydrogens (primary N) is 1. The maximum Gasteiger partial charge on any atom is 0.241 e. The third kappa shape index (κ3) is 1.80. The van der Waals surface area contributed by atoms with E-state index in [0.717, 1.165) is 38.6 Å².